The predicted molar refractivity (Wildman–Crippen MR) is 74.0 cm³/mol. The Balaban J connectivity index is 1.74. The highest BCUT2D eigenvalue weighted by Gasteiger charge is 2.15. The van der Waals surface area contributed by atoms with E-state index in [4.69, 9.17) is 10.5 Å². The summed E-state index contributed by atoms with van der Waals surface area (Å²) in [5.74, 6) is -0.312. The molecule has 19 heavy (non-hydrogen) atoms. The molecule has 2 N–H and O–H groups in total. The third kappa shape index (κ3) is 3.71. The van der Waals surface area contributed by atoms with Crippen LogP contribution in [0, 0.1) is 0 Å². The smallest absolute Gasteiger partial charge is 0.355 e. The van der Waals surface area contributed by atoms with E-state index >= 15 is 0 Å². The fourth-order valence-corrected chi connectivity index (χ4v) is 2.21. The highest BCUT2D eigenvalue weighted by molar-refractivity contribution is 5.89. The average Bonchev–Trinajstić information content (AvgIpc) is 2.71. The second-order valence-electron chi connectivity index (χ2n) is 5.05. The molecule has 6 nitrogen and oxygen atoms in total. The second kappa shape index (κ2) is 6.08. The monoisotopic (exact) mass is 266 g/mol. The number of carbonyl (C=O) groups is 1. The second-order valence-corrected chi connectivity index (χ2v) is 5.05. The zero-order valence-corrected chi connectivity index (χ0v) is 11.6. The molecular formula is C13H22N4O2. The van der Waals surface area contributed by atoms with Crippen LogP contribution >= 0.6 is 0 Å². The van der Waals surface area contributed by atoms with E-state index in [0.29, 0.717) is 18.0 Å². The quantitative estimate of drug-likeness (QED) is 0.778. The highest BCUT2D eigenvalue weighted by Crippen LogP contribution is 2.10. The molecule has 0 radical (unpaired) electrons. The molecule has 0 amide bonds. The topological polar surface area (TPSA) is 63.7 Å². The Kier molecular flexibility index (Phi) is 4.44. The lowest BCUT2D eigenvalue weighted by molar-refractivity contribution is 0.0422. The SMILES string of the molecule is CN1CCN(CCOC(=O)c2cc(N)cn2C)CC1. The molecule has 1 aliphatic rings. The van der Waals surface area contributed by atoms with E-state index in [1.54, 1.807) is 23.9 Å². The van der Waals surface area contributed by atoms with Crippen molar-refractivity contribution in [3.05, 3.63) is 18.0 Å². The van der Waals surface area contributed by atoms with Gasteiger partial charge in [-0.05, 0) is 13.1 Å². The minimum absolute atomic E-state index is 0.312. The molecule has 0 spiro atoms. The van der Waals surface area contributed by atoms with Crippen LogP contribution in [-0.4, -0.2) is 66.7 Å². The lowest BCUT2D eigenvalue weighted by Gasteiger charge is -2.32. The van der Waals surface area contributed by atoms with E-state index in [1.807, 2.05) is 0 Å². The third-order valence-electron chi connectivity index (χ3n) is 3.47. The summed E-state index contributed by atoms with van der Waals surface area (Å²) >= 11 is 0. The molecule has 2 heterocycles. The number of hydrogen-bond donors (Lipinski definition) is 1. The van der Waals surface area contributed by atoms with E-state index in [9.17, 15) is 4.79 Å². The minimum Gasteiger partial charge on any atom is -0.460 e. The number of carbonyl (C=O) groups excluding carboxylic acids is 1. The first-order chi connectivity index (χ1) is 9.06. The number of anilines is 1. The highest BCUT2D eigenvalue weighted by atomic mass is 16.5. The molecule has 0 aromatic carbocycles. The summed E-state index contributed by atoms with van der Waals surface area (Å²) in [7, 11) is 3.91. The average molecular weight is 266 g/mol. The van der Waals surface area contributed by atoms with Crippen LogP contribution in [0.2, 0.25) is 0 Å². The van der Waals surface area contributed by atoms with Gasteiger partial charge in [-0.1, -0.05) is 0 Å². The van der Waals surface area contributed by atoms with Gasteiger partial charge in [0.2, 0.25) is 0 Å². The van der Waals surface area contributed by atoms with Gasteiger partial charge in [0.05, 0.1) is 5.69 Å². The minimum atomic E-state index is -0.312. The third-order valence-corrected chi connectivity index (χ3v) is 3.47. The van der Waals surface area contributed by atoms with Crippen molar-refractivity contribution in [3.8, 4) is 0 Å². The van der Waals surface area contributed by atoms with Gasteiger partial charge in [0.15, 0.2) is 0 Å². The summed E-state index contributed by atoms with van der Waals surface area (Å²) in [4.78, 5) is 16.5. The van der Waals surface area contributed by atoms with Crippen molar-refractivity contribution in [1.82, 2.24) is 14.4 Å². The molecule has 0 bridgehead atoms. The Morgan fingerprint density at radius 1 is 1.32 bits per heavy atom. The van der Waals surface area contributed by atoms with E-state index in [-0.39, 0.29) is 5.97 Å². The fourth-order valence-electron chi connectivity index (χ4n) is 2.21. The number of likely N-dealkylation sites (N-methyl/N-ethyl adjacent to an activating group) is 1. The van der Waals surface area contributed by atoms with Gasteiger partial charge in [-0.25, -0.2) is 4.79 Å². The van der Waals surface area contributed by atoms with Gasteiger partial charge in [0.1, 0.15) is 12.3 Å². The maximum absolute atomic E-state index is 11.8. The van der Waals surface area contributed by atoms with Crippen molar-refractivity contribution in [2.45, 2.75) is 0 Å². The van der Waals surface area contributed by atoms with Crippen molar-refractivity contribution in [1.29, 1.82) is 0 Å². The molecule has 1 aromatic heterocycles. The number of esters is 1. The van der Waals surface area contributed by atoms with Gasteiger partial charge >= 0.3 is 5.97 Å². The Labute approximate surface area is 113 Å². The Morgan fingerprint density at radius 3 is 2.58 bits per heavy atom. The van der Waals surface area contributed by atoms with Gasteiger partial charge in [0, 0.05) is 46.0 Å². The molecule has 0 saturated carbocycles. The van der Waals surface area contributed by atoms with Crippen LogP contribution in [0.15, 0.2) is 12.3 Å². The van der Waals surface area contributed by atoms with E-state index in [0.717, 1.165) is 32.7 Å². The summed E-state index contributed by atoms with van der Waals surface area (Å²) in [5.41, 5.74) is 6.71. The van der Waals surface area contributed by atoms with Crippen LogP contribution in [0.3, 0.4) is 0 Å². The van der Waals surface area contributed by atoms with Gasteiger partial charge in [-0.15, -0.1) is 0 Å². The van der Waals surface area contributed by atoms with Gasteiger partial charge < -0.3 is 19.9 Å². The number of aromatic nitrogens is 1. The maximum atomic E-state index is 11.8. The van der Waals surface area contributed by atoms with Crippen LogP contribution in [0.25, 0.3) is 0 Å². The lowest BCUT2D eigenvalue weighted by atomic mass is 10.3. The summed E-state index contributed by atoms with van der Waals surface area (Å²) in [6.45, 7) is 5.42. The summed E-state index contributed by atoms with van der Waals surface area (Å²) < 4.78 is 6.97. The number of hydrogen-bond acceptors (Lipinski definition) is 5. The maximum Gasteiger partial charge on any atom is 0.355 e. The molecule has 1 aromatic rings. The summed E-state index contributed by atoms with van der Waals surface area (Å²) in [6, 6.07) is 1.64. The molecule has 6 heteroatoms. The van der Waals surface area contributed by atoms with Gasteiger partial charge in [-0.2, -0.15) is 0 Å². The Morgan fingerprint density at radius 2 is 2.00 bits per heavy atom. The number of rotatable bonds is 4. The van der Waals surface area contributed by atoms with Crippen LogP contribution < -0.4 is 5.73 Å². The standard InChI is InChI=1S/C13H22N4O2/c1-15-3-5-17(6-4-15)7-8-19-13(18)12-9-11(14)10-16(12)2/h9-10H,3-8,14H2,1-2H3. The summed E-state index contributed by atoms with van der Waals surface area (Å²) in [5, 5.41) is 0. The molecule has 0 unspecified atom stereocenters. The number of aryl methyl sites for hydroxylation is 1. The molecule has 1 saturated heterocycles. The van der Waals surface area contributed by atoms with Crippen molar-refractivity contribution >= 4 is 11.7 Å². The molecule has 1 aliphatic heterocycles. The van der Waals surface area contributed by atoms with E-state index in [1.165, 1.54) is 0 Å². The van der Waals surface area contributed by atoms with Crippen LogP contribution in [0.1, 0.15) is 10.5 Å². The Hall–Kier alpha value is -1.53. The predicted octanol–water partition coefficient (Wildman–Crippen LogP) is 0.0115. The summed E-state index contributed by atoms with van der Waals surface area (Å²) in [6.07, 6.45) is 1.71. The molecule has 2 rings (SSSR count). The van der Waals surface area contributed by atoms with Crippen LogP contribution in [0.4, 0.5) is 5.69 Å². The molecule has 106 valence electrons. The van der Waals surface area contributed by atoms with Crippen molar-refractivity contribution in [3.63, 3.8) is 0 Å². The van der Waals surface area contributed by atoms with Crippen molar-refractivity contribution < 1.29 is 9.53 Å². The zero-order chi connectivity index (χ0) is 13.8. The number of nitrogens with zero attached hydrogens (tertiary/aromatic N) is 3. The van der Waals surface area contributed by atoms with Crippen LogP contribution in [-0.2, 0) is 11.8 Å². The number of nitrogen functional groups attached to an aromatic ring is 1. The normalized spacial score (nSPS) is 17.6. The Bertz CT molecular complexity index is 436. The molecule has 1 fully saturated rings. The first kappa shape index (κ1) is 13.9. The number of nitrogens with two attached hydrogens (primary N) is 1. The van der Waals surface area contributed by atoms with Crippen molar-refractivity contribution in [2.24, 2.45) is 7.05 Å². The first-order valence-electron chi connectivity index (χ1n) is 6.56. The van der Waals surface area contributed by atoms with E-state index in [2.05, 4.69) is 16.8 Å². The lowest BCUT2D eigenvalue weighted by Crippen LogP contribution is -2.45. The van der Waals surface area contributed by atoms with Gasteiger partial charge in [-0.3, -0.25) is 4.90 Å². The van der Waals surface area contributed by atoms with Crippen molar-refractivity contribution in [2.75, 3.05) is 52.1 Å². The first-order valence-corrected chi connectivity index (χ1v) is 6.56. The molecule has 0 atom stereocenters. The fraction of sp³-hybridized carbons (Fsp3) is 0.615. The van der Waals surface area contributed by atoms with Crippen LogP contribution in [0.5, 0.6) is 0 Å². The number of ether oxygens (including phenoxy) is 1. The molecular weight excluding hydrogens is 244 g/mol. The van der Waals surface area contributed by atoms with E-state index < -0.39 is 0 Å². The molecule has 0 aliphatic carbocycles. The van der Waals surface area contributed by atoms with Gasteiger partial charge in [0.25, 0.3) is 0 Å². The zero-order valence-electron chi connectivity index (χ0n) is 11.6. The number of piperazine rings is 1. The largest absolute Gasteiger partial charge is 0.460 e.